The molecular formula is C13H18ClN3O2. The lowest BCUT2D eigenvalue weighted by Gasteiger charge is -2.34. The molecule has 0 saturated carbocycles. The molecule has 0 radical (unpaired) electrons. The van der Waals surface area contributed by atoms with Crippen LogP contribution in [-0.2, 0) is 11.3 Å². The van der Waals surface area contributed by atoms with Crippen LogP contribution in [0.3, 0.4) is 0 Å². The summed E-state index contributed by atoms with van der Waals surface area (Å²) in [4.78, 5) is 19.0. The van der Waals surface area contributed by atoms with Crippen molar-refractivity contribution in [2.45, 2.75) is 13.0 Å². The number of hydrogen-bond donors (Lipinski definition) is 1. The highest BCUT2D eigenvalue weighted by Crippen LogP contribution is 2.16. The first-order chi connectivity index (χ1) is 9.15. The lowest BCUT2D eigenvalue weighted by molar-refractivity contribution is -0.137. The molecule has 0 aromatic carbocycles. The molecule has 104 valence electrons. The molecule has 0 atom stereocenters. The van der Waals surface area contributed by atoms with Gasteiger partial charge in [0.1, 0.15) is 0 Å². The zero-order valence-electron chi connectivity index (χ0n) is 10.8. The predicted octanol–water partition coefficient (Wildman–Crippen LogP) is 1.33. The van der Waals surface area contributed by atoms with Gasteiger partial charge in [-0.05, 0) is 11.6 Å². The Morgan fingerprint density at radius 2 is 2.00 bits per heavy atom. The Bertz CT molecular complexity index is 434. The number of rotatable bonds is 5. The Balaban J connectivity index is 1.77. The maximum absolute atomic E-state index is 10.5. The first-order valence-electron chi connectivity index (χ1n) is 6.40. The fourth-order valence-electron chi connectivity index (χ4n) is 2.20. The van der Waals surface area contributed by atoms with Crippen molar-refractivity contribution in [3.8, 4) is 0 Å². The molecule has 1 aromatic rings. The second-order valence-electron chi connectivity index (χ2n) is 4.73. The van der Waals surface area contributed by atoms with Crippen molar-refractivity contribution in [2.75, 3.05) is 32.7 Å². The van der Waals surface area contributed by atoms with Gasteiger partial charge in [-0.25, -0.2) is 0 Å². The number of piperazine rings is 1. The topological polar surface area (TPSA) is 56.7 Å². The van der Waals surface area contributed by atoms with Crippen molar-refractivity contribution in [3.05, 3.63) is 29.0 Å². The Kier molecular flexibility index (Phi) is 5.13. The normalized spacial score (nSPS) is 17.5. The molecule has 19 heavy (non-hydrogen) atoms. The average molecular weight is 284 g/mol. The molecule has 0 spiro atoms. The zero-order valence-corrected chi connectivity index (χ0v) is 11.5. The third-order valence-electron chi connectivity index (χ3n) is 3.36. The highest BCUT2D eigenvalue weighted by molar-refractivity contribution is 6.31. The third-order valence-corrected chi connectivity index (χ3v) is 3.70. The number of carbonyl (C=O) groups is 1. The number of carboxylic acids is 1. The molecule has 1 N–H and O–H groups in total. The summed E-state index contributed by atoms with van der Waals surface area (Å²) < 4.78 is 0. The fourth-order valence-corrected chi connectivity index (χ4v) is 2.38. The van der Waals surface area contributed by atoms with Gasteiger partial charge in [0.2, 0.25) is 0 Å². The molecule has 6 heteroatoms. The van der Waals surface area contributed by atoms with E-state index in [9.17, 15) is 4.79 Å². The third kappa shape index (κ3) is 4.45. The summed E-state index contributed by atoms with van der Waals surface area (Å²) in [5.41, 5.74) is 1.09. The maximum atomic E-state index is 10.5. The van der Waals surface area contributed by atoms with Gasteiger partial charge < -0.3 is 10.0 Å². The number of aliphatic carboxylic acids is 1. The molecule has 0 unspecified atom stereocenters. The van der Waals surface area contributed by atoms with Gasteiger partial charge in [-0.2, -0.15) is 0 Å². The quantitative estimate of drug-likeness (QED) is 0.883. The molecule has 1 aliphatic heterocycles. The Morgan fingerprint density at radius 3 is 2.63 bits per heavy atom. The van der Waals surface area contributed by atoms with Crippen molar-refractivity contribution in [1.29, 1.82) is 0 Å². The van der Waals surface area contributed by atoms with Gasteiger partial charge in [0.15, 0.2) is 0 Å². The molecule has 2 heterocycles. The van der Waals surface area contributed by atoms with Crippen LogP contribution in [0.15, 0.2) is 18.5 Å². The molecular weight excluding hydrogens is 266 g/mol. The van der Waals surface area contributed by atoms with E-state index in [1.54, 1.807) is 12.4 Å². The van der Waals surface area contributed by atoms with Crippen LogP contribution >= 0.6 is 11.6 Å². The monoisotopic (exact) mass is 283 g/mol. The average Bonchev–Trinajstić information content (AvgIpc) is 2.40. The van der Waals surface area contributed by atoms with E-state index < -0.39 is 5.97 Å². The van der Waals surface area contributed by atoms with Gasteiger partial charge >= 0.3 is 5.97 Å². The number of nitrogens with zero attached hydrogens (tertiary/aromatic N) is 3. The van der Waals surface area contributed by atoms with Crippen molar-refractivity contribution in [1.82, 2.24) is 14.8 Å². The van der Waals surface area contributed by atoms with Crippen LogP contribution in [0.25, 0.3) is 0 Å². The Morgan fingerprint density at radius 1 is 1.32 bits per heavy atom. The molecule has 5 nitrogen and oxygen atoms in total. The van der Waals surface area contributed by atoms with Crippen LogP contribution in [0.1, 0.15) is 12.0 Å². The number of halogens is 1. The molecule has 1 fully saturated rings. The second kappa shape index (κ2) is 6.84. The minimum Gasteiger partial charge on any atom is -0.481 e. The van der Waals surface area contributed by atoms with Crippen molar-refractivity contribution in [2.24, 2.45) is 0 Å². The smallest absolute Gasteiger partial charge is 0.304 e. The van der Waals surface area contributed by atoms with E-state index in [-0.39, 0.29) is 6.42 Å². The fraction of sp³-hybridized carbons (Fsp3) is 0.538. The molecule has 1 saturated heterocycles. The van der Waals surface area contributed by atoms with Crippen LogP contribution in [0.2, 0.25) is 5.02 Å². The standard InChI is InChI=1S/C13H18ClN3O2/c14-12-9-15-3-1-11(12)10-17-7-5-16(6-8-17)4-2-13(18)19/h1,3,9H,2,4-8,10H2,(H,18,19). The van der Waals surface area contributed by atoms with Crippen LogP contribution in [0.4, 0.5) is 0 Å². The summed E-state index contributed by atoms with van der Waals surface area (Å²) >= 11 is 6.09. The molecule has 1 aromatic heterocycles. The van der Waals surface area contributed by atoms with E-state index in [0.717, 1.165) is 38.3 Å². The molecule has 0 amide bonds. The SMILES string of the molecule is O=C(O)CCN1CCN(Cc2ccncc2Cl)CC1. The van der Waals surface area contributed by atoms with E-state index in [1.165, 1.54) is 0 Å². The van der Waals surface area contributed by atoms with Crippen LogP contribution in [0, 0.1) is 0 Å². The zero-order chi connectivity index (χ0) is 13.7. The van der Waals surface area contributed by atoms with Crippen molar-refractivity contribution >= 4 is 17.6 Å². The summed E-state index contributed by atoms with van der Waals surface area (Å²) in [5.74, 6) is -0.731. The molecule has 0 bridgehead atoms. The Hall–Kier alpha value is -1.17. The highest BCUT2D eigenvalue weighted by atomic mass is 35.5. The number of carboxylic acid groups (broad SMARTS) is 1. The van der Waals surface area contributed by atoms with Crippen molar-refractivity contribution < 1.29 is 9.90 Å². The molecule has 2 rings (SSSR count). The largest absolute Gasteiger partial charge is 0.481 e. The maximum Gasteiger partial charge on any atom is 0.304 e. The first kappa shape index (κ1) is 14.2. The summed E-state index contributed by atoms with van der Waals surface area (Å²) in [6.07, 6.45) is 3.64. The second-order valence-corrected chi connectivity index (χ2v) is 5.14. The van der Waals surface area contributed by atoms with E-state index in [4.69, 9.17) is 16.7 Å². The van der Waals surface area contributed by atoms with Gasteiger partial charge in [-0.1, -0.05) is 11.6 Å². The summed E-state index contributed by atoms with van der Waals surface area (Å²) in [6, 6.07) is 1.94. The van der Waals surface area contributed by atoms with Crippen LogP contribution < -0.4 is 0 Å². The van der Waals surface area contributed by atoms with Gasteiger partial charge in [0, 0.05) is 51.7 Å². The lowest BCUT2D eigenvalue weighted by Crippen LogP contribution is -2.46. The summed E-state index contributed by atoms with van der Waals surface area (Å²) in [7, 11) is 0. The molecule has 1 aliphatic rings. The minimum atomic E-state index is -0.731. The summed E-state index contributed by atoms with van der Waals surface area (Å²) in [5, 5.41) is 9.37. The van der Waals surface area contributed by atoms with Crippen molar-refractivity contribution in [3.63, 3.8) is 0 Å². The van der Waals surface area contributed by atoms with Gasteiger partial charge in [0.05, 0.1) is 11.4 Å². The van der Waals surface area contributed by atoms with Gasteiger partial charge in [0.25, 0.3) is 0 Å². The number of pyridine rings is 1. The van der Waals surface area contributed by atoms with Crippen LogP contribution in [0.5, 0.6) is 0 Å². The summed E-state index contributed by atoms with van der Waals surface area (Å²) in [6.45, 7) is 5.18. The van der Waals surface area contributed by atoms with E-state index in [1.807, 2.05) is 6.07 Å². The first-order valence-corrected chi connectivity index (χ1v) is 6.78. The van der Waals surface area contributed by atoms with Gasteiger partial charge in [-0.15, -0.1) is 0 Å². The van der Waals surface area contributed by atoms with Crippen LogP contribution in [-0.4, -0.2) is 58.6 Å². The van der Waals surface area contributed by atoms with E-state index in [0.29, 0.717) is 11.6 Å². The van der Waals surface area contributed by atoms with E-state index >= 15 is 0 Å². The Labute approximate surface area is 117 Å². The van der Waals surface area contributed by atoms with Gasteiger partial charge in [-0.3, -0.25) is 14.7 Å². The number of hydrogen-bond acceptors (Lipinski definition) is 4. The predicted molar refractivity (Wildman–Crippen MR) is 73.2 cm³/mol. The lowest BCUT2D eigenvalue weighted by atomic mass is 10.2. The highest BCUT2D eigenvalue weighted by Gasteiger charge is 2.18. The molecule has 0 aliphatic carbocycles. The van der Waals surface area contributed by atoms with E-state index in [2.05, 4.69) is 14.8 Å². The number of aromatic nitrogens is 1. The minimum absolute atomic E-state index is 0.218.